The molecule has 0 aromatic heterocycles. The van der Waals surface area contributed by atoms with Crippen molar-refractivity contribution in [2.45, 2.75) is 6.92 Å². The Balaban J connectivity index is 2.71. The van der Waals surface area contributed by atoms with E-state index in [1.165, 1.54) is 0 Å². The lowest BCUT2D eigenvalue weighted by Crippen LogP contribution is -2.30. The van der Waals surface area contributed by atoms with Crippen molar-refractivity contribution in [1.29, 1.82) is 0 Å². The third kappa shape index (κ3) is 4.56. The molecule has 0 aliphatic heterocycles. The summed E-state index contributed by atoms with van der Waals surface area (Å²) in [7, 11) is 1.79. The van der Waals surface area contributed by atoms with Gasteiger partial charge in [0.1, 0.15) is 0 Å². The normalized spacial score (nSPS) is 10.4. The molecular formula is C12H15BrINO2. The lowest BCUT2D eigenvalue weighted by atomic mass is 10.2. The summed E-state index contributed by atoms with van der Waals surface area (Å²) >= 11 is 5.60. The van der Waals surface area contributed by atoms with Gasteiger partial charge in [0.05, 0.1) is 12.2 Å². The van der Waals surface area contributed by atoms with Gasteiger partial charge < -0.3 is 9.64 Å². The Labute approximate surface area is 124 Å². The number of halogens is 2. The lowest BCUT2D eigenvalue weighted by molar-refractivity contribution is 0.0709. The summed E-state index contributed by atoms with van der Waals surface area (Å²) in [6, 6.07) is 5.73. The molecule has 17 heavy (non-hydrogen) atoms. The second-order valence-corrected chi connectivity index (χ2v) is 5.65. The summed E-state index contributed by atoms with van der Waals surface area (Å²) in [6.07, 6.45) is 0. The number of hydrogen-bond acceptors (Lipinski definition) is 2. The number of amides is 1. The predicted molar refractivity (Wildman–Crippen MR) is 80.3 cm³/mol. The summed E-state index contributed by atoms with van der Waals surface area (Å²) in [5.74, 6) is 0.00935. The number of benzene rings is 1. The first-order valence-corrected chi connectivity index (χ1v) is 7.21. The molecule has 0 unspecified atom stereocenters. The fourth-order valence-electron chi connectivity index (χ4n) is 1.31. The first-order valence-electron chi connectivity index (χ1n) is 5.34. The molecule has 1 aromatic rings. The Hall–Kier alpha value is -0.140. The van der Waals surface area contributed by atoms with E-state index in [1.54, 1.807) is 11.9 Å². The SMILES string of the molecule is CCOCCN(C)C(=O)c1cc(I)ccc1Br. The van der Waals surface area contributed by atoms with Gasteiger partial charge in [0.2, 0.25) is 0 Å². The smallest absolute Gasteiger partial charge is 0.254 e. The van der Waals surface area contributed by atoms with E-state index in [0.717, 1.165) is 8.04 Å². The minimum Gasteiger partial charge on any atom is -0.380 e. The zero-order valence-corrected chi connectivity index (χ0v) is 13.6. The van der Waals surface area contributed by atoms with Crippen LogP contribution in [0.15, 0.2) is 22.7 Å². The monoisotopic (exact) mass is 411 g/mol. The first-order chi connectivity index (χ1) is 8.06. The Bertz CT molecular complexity index is 398. The van der Waals surface area contributed by atoms with Crippen LogP contribution in [0.1, 0.15) is 17.3 Å². The van der Waals surface area contributed by atoms with Crippen molar-refractivity contribution in [3.63, 3.8) is 0 Å². The van der Waals surface area contributed by atoms with Crippen molar-refractivity contribution in [2.24, 2.45) is 0 Å². The molecule has 0 spiro atoms. The maximum Gasteiger partial charge on any atom is 0.254 e. The summed E-state index contributed by atoms with van der Waals surface area (Å²) in [6.45, 7) is 3.79. The van der Waals surface area contributed by atoms with E-state index in [0.29, 0.717) is 25.3 Å². The van der Waals surface area contributed by atoms with Crippen LogP contribution < -0.4 is 0 Å². The van der Waals surface area contributed by atoms with Crippen LogP contribution in [0, 0.1) is 3.57 Å². The van der Waals surface area contributed by atoms with Crippen molar-refractivity contribution in [3.8, 4) is 0 Å². The molecule has 0 saturated heterocycles. The zero-order chi connectivity index (χ0) is 12.8. The molecular weight excluding hydrogens is 397 g/mol. The van der Waals surface area contributed by atoms with Crippen LogP contribution in [0.4, 0.5) is 0 Å². The number of likely N-dealkylation sites (N-methyl/N-ethyl adjacent to an activating group) is 1. The average Bonchev–Trinajstić information content (AvgIpc) is 2.31. The van der Waals surface area contributed by atoms with E-state index >= 15 is 0 Å². The summed E-state index contributed by atoms with van der Waals surface area (Å²) in [5, 5.41) is 0. The van der Waals surface area contributed by atoms with Crippen LogP contribution in [0.5, 0.6) is 0 Å². The molecule has 0 radical (unpaired) electrons. The molecule has 0 aliphatic carbocycles. The van der Waals surface area contributed by atoms with Crippen LogP contribution in [0.25, 0.3) is 0 Å². The molecule has 0 bridgehead atoms. The van der Waals surface area contributed by atoms with E-state index in [9.17, 15) is 4.79 Å². The van der Waals surface area contributed by atoms with Gasteiger partial charge in [-0.15, -0.1) is 0 Å². The van der Waals surface area contributed by atoms with Crippen LogP contribution >= 0.6 is 38.5 Å². The minimum absolute atomic E-state index is 0.00935. The number of hydrogen-bond donors (Lipinski definition) is 0. The Morgan fingerprint density at radius 3 is 2.88 bits per heavy atom. The number of rotatable bonds is 5. The van der Waals surface area contributed by atoms with Gasteiger partial charge in [-0.05, 0) is 63.6 Å². The first kappa shape index (κ1) is 14.9. The number of carbonyl (C=O) groups excluding carboxylic acids is 1. The van der Waals surface area contributed by atoms with Crippen molar-refractivity contribution in [2.75, 3.05) is 26.8 Å². The maximum atomic E-state index is 12.1. The Morgan fingerprint density at radius 1 is 1.53 bits per heavy atom. The molecule has 1 aromatic carbocycles. The van der Waals surface area contributed by atoms with Crippen molar-refractivity contribution in [1.82, 2.24) is 4.90 Å². The Kier molecular flexibility index (Phi) is 6.43. The van der Waals surface area contributed by atoms with Gasteiger partial charge >= 0.3 is 0 Å². The highest BCUT2D eigenvalue weighted by molar-refractivity contribution is 14.1. The molecule has 0 fully saturated rings. The fraction of sp³-hybridized carbons (Fsp3) is 0.417. The standard InChI is InChI=1S/C12H15BrINO2/c1-3-17-7-6-15(2)12(16)10-8-9(14)4-5-11(10)13/h4-5,8H,3,6-7H2,1-2H3. The van der Waals surface area contributed by atoms with Gasteiger partial charge in [0, 0.05) is 28.2 Å². The van der Waals surface area contributed by atoms with Crippen LogP contribution in [0.2, 0.25) is 0 Å². The van der Waals surface area contributed by atoms with E-state index < -0.39 is 0 Å². The quantitative estimate of drug-likeness (QED) is 0.550. The highest BCUT2D eigenvalue weighted by atomic mass is 127. The van der Waals surface area contributed by atoms with Gasteiger partial charge in [0.15, 0.2) is 0 Å². The van der Waals surface area contributed by atoms with Crippen molar-refractivity contribution >= 4 is 44.4 Å². The molecule has 94 valence electrons. The summed E-state index contributed by atoms with van der Waals surface area (Å²) in [4.78, 5) is 13.8. The molecule has 1 rings (SSSR count). The maximum absolute atomic E-state index is 12.1. The van der Waals surface area contributed by atoms with E-state index in [4.69, 9.17) is 4.74 Å². The summed E-state index contributed by atoms with van der Waals surface area (Å²) < 4.78 is 7.11. The second kappa shape index (κ2) is 7.33. The molecule has 0 saturated carbocycles. The van der Waals surface area contributed by atoms with Gasteiger partial charge in [-0.3, -0.25) is 4.79 Å². The van der Waals surface area contributed by atoms with Gasteiger partial charge in [0.25, 0.3) is 5.91 Å². The third-order valence-electron chi connectivity index (χ3n) is 2.28. The fourth-order valence-corrected chi connectivity index (χ4v) is 2.22. The summed E-state index contributed by atoms with van der Waals surface area (Å²) in [5.41, 5.74) is 0.691. The largest absolute Gasteiger partial charge is 0.380 e. The molecule has 0 aliphatic rings. The van der Waals surface area contributed by atoms with Crippen LogP contribution in [0.3, 0.4) is 0 Å². The number of ether oxygens (including phenoxy) is 1. The van der Waals surface area contributed by atoms with Gasteiger partial charge in [-0.25, -0.2) is 0 Å². The zero-order valence-electron chi connectivity index (χ0n) is 9.87. The van der Waals surface area contributed by atoms with Crippen molar-refractivity contribution in [3.05, 3.63) is 31.8 Å². The topological polar surface area (TPSA) is 29.5 Å². The number of carbonyl (C=O) groups is 1. The van der Waals surface area contributed by atoms with E-state index in [-0.39, 0.29) is 5.91 Å². The van der Waals surface area contributed by atoms with Crippen LogP contribution in [-0.4, -0.2) is 37.6 Å². The predicted octanol–water partition coefficient (Wildman–Crippen LogP) is 3.16. The van der Waals surface area contributed by atoms with Gasteiger partial charge in [-0.2, -0.15) is 0 Å². The Morgan fingerprint density at radius 2 is 2.24 bits per heavy atom. The minimum atomic E-state index is 0.00935. The lowest BCUT2D eigenvalue weighted by Gasteiger charge is -2.18. The third-order valence-corrected chi connectivity index (χ3v) is 3.64. The van der Waals surface area contributed by atoms with Crippen molar-refractivity contribution < 1.29 is 9.53 Å². The highest BCUT2D eigenvalue weighted by Crippen LogP contribution is 2.20. The average molecular weight is 412 g/mol. The van der Waals surface area contributed by atoms with Crippen LogP contribution in [-0.2, 0) is 4.74 Å². The molecule has 0 heterocycles. The molecule has 1 amide bonds. The van der Waals surface area contributed by atoms with Gasteiger partial charge in [-0.1, -0.05) is 0 Å². The second-order valence-electron chi connectivity index (χ2n) is 3.55. The molecule has 0 atom stereocenters. The molecule has 5 heteroatoms. The molecule has 0 N–H and O–H groups in total. The van der Waals surface area contributed by atoms with E-state index in [1.807, 2.05) is 25.1 Å². The number of nitrogens with zero attached hydrogens (tertiary/aromatic N) is 1. The highest BCUT2D eigenvalue weighted by Gasteiger charge is 2.14. The molecule has 3 nitrogen and oxygen atoms in total. The van der Waals surface area contributed by atoms with E-state index in [2.05, 4.69) is 38.5 Å².